The van der Waals surface area contributed by atoms with Crippen LogP contribution in [-0.2, 0) is 10.0 Å². The molecule has 2 rings (SSSR count). The predicted octanol–water partition coefficient (Wildman–Crippen LogP) is 0.898. The third kappa shape index (κ3) is 2.48. The van der Waals surface area contributed by atoms with E-state index in [1.54, 1.807) is 18.2 Å². The average molecular weight is 284 g/mol. The molecule has 0 aromatic heterocycles. The summed E-state index contributed by atoms with van der Waals surface area (Å²) in [6.07, 6.45) is 0.673. The van der Waals surface area contributed by atoms with Crippen molar-refractivity contribution in [1.29, 1.82) is 0 Å². The first-order chi connectivity index (χ1) is 8.80. The SMILES string of the molecule is CCC1(O)CN(c2ccccc2S(=O)(=O)N(C)C)C1. The number of para-hydroxylation sites is 1. The van der Waals surface area contributed by atoms with Gasteiger partial charge in [0.2, 0.25) is 10.0 Å². The van der Waals surface area contributed by atoms with Gasteiger partial charge in [0.1, 0.15) is 4.90 Å². The fourth-order valence-corrected chi connectivity index (χ4v) is 3.30. The van der Waals surface area contributed by atoms with Crippen molar-refractivity contribution < 1.29 is 13.5 Å². The van der Waals surface area contributed by atoms with Crippen molar-refractivity contribution in [3.63, 3.8) is 0 Å². The summed E-state index contributed by atoms with van der Waals surface area (Å²) < 4.78 is 25.7. The second-order valence-corrected chi connectivity index (χ2v) is 7.31. The molecule has 0 amide bonds. The number of rotatable bonds is 4. The summed E-state index contributed by atoms with van der Waals surface area (Å²) in [6.45, 7) is 2.88. The second-order valence-electron chi connectivity index (χ2n) is 5.19. The molecule has 0 aliphatic carbocycles. The summed E-state index contributed by atoms with van der Waals surface area (Å²) in [5.41, 5.74) is -0.0241. The minimum absolute atomic E-state index is 0.290. The van der Waals surface area contributed by atoms with Crippen molar-refractivity contribution in [2.75, 3.05) is 32.1 Å². The smallest absolute Gasteiger partial charge is 0.244 e. The average Bonchev–Trinajstić information content (AvgIpc) is 2.34. The lowest BCUT2D eigenvalue weighted by Gasteiger charge is -2.48. The standard InChI is InChI=1S/C13H20N2O3S/c1-4-13(16)9-15(10-13)11-7-5-6-8-12(11)19(17,18)14(2)3/h5-8,16H,4,9-10H2,1-3H3. The van der Waals surface area contributed by atoms with Crippen LogP contribution in [0.4, 0.5) is 5.69 Å². The van der Waals surface area contributed by atoms with Gasteiger partial charge in [-0.15, -0.1) is 0 Å². The van der Waals surface area contributed by atoms with Crippen molar-refractivity contribution in [1.82, 2.24) is 4.31 Å². The molecule has 0 bridgehead atoms. The van der Waals surface area contributed by atoms with Gasteiger partial charge in [-0.3, -0.25) is 0 Å². The van der Waals surface area contributed by atoms with E-state index in [0.29, 0.717) is 25.2 Å². The normalized spacial score (nSPS) is 18.5. The number of aliphatic hydroxyl groups is 1. The second kappa shape index (κ2) is 4.77. The Morgan fingerprint density at radius 2 is 1.89 bits per heavy atom. The lowest BCUT2D eigenvalue weighted by molar-refractivity contribution is 0.00822. The maximum Gasteiger partial charge on any atom is 0.244 e. The highest BCUT2D eigenvalue weighted by molar-refractivity contribution is 7.89. The Hall–Kier alpha value is -1.11. The molecule has 0 radical (unpaired) electrons. The van der Waals surface area contributed by atoms with Crippen molar-refractivity contribution >= 4 is 15.7 Å². The molecule has 0 spiro atoms. The van der Waals surface area contributed by atoms with Gasteiger partial charge < -0.3 is 10.0 Å². The monoisotopic (exact) mass is 284 g/mol. The summed E-state index contributed by atoms with van der Waals surface area (Å²) >= 11 is 0. The first-order valence-electron chi connectivity index (χ1n) is 6.29. The van der Waals surface area contributed by atoms with Gasteiger partial charge in [-0.05, 0) is 18.6 Å². The molecule has 19 heavy (non-hydrogen) atoms. The number of hydrogen-bond donors (Lipinski definition) is 1. The van der Waals surface area contributed by atoms with Crippen LogP contribution in [0.2, 0.25) is 0 Å². The van der Waals surface area contributed by atoms with Crippen LogP contribution in [0, 0.1) is 0 Å². The van der Waals surface area contributed by atoms with Crippen LogP contribution in [0.15, 0.2) is 29.2 Å². The molecule has 0 saturated carbocycles. The molecule has 6 heteroatoms. The molecule has 0 unspecified atom stereocenters. The zero-order valence-corrected chi connectivity index (χ0v) is 12.3. The highest BCUT2D eigenvalue weighted by Crippen LogP contribution is 2.34. The van der Waals surface area contributed by atoms with Gasteiger partial charge in [0, 0.05) is 27.2 Å². The van der Waals surface area contributed by atoms with Crippen LogP contribution in [-0.4, -0.2) is 50.6 Å². The van der Waals surface area contributed by atoms with Gasteiger partial charge in [0.05, 0.1) is 11.3 Å². The molecule has 1 heterocycles. The van der Waals surface area contributed by atoms with Crippen LogP contribution >= 0.6 is 0 Å². The maximum atomic E-state index is 12.3. The molecule has 1 aromatic rings. The van der Waals surface area contributed by atoms with E-state index in [1.807, 2.05) is 17.9 Å². The molecule has 1 aromatic carbocycles. The Labute approximate surface area is 114 Å². The van der Waals surface area contributed by atoms with E-state index in [1.165, 1.54) is 18.4 Å². The van der Waals surface area contributed by atoms with E-state index in [9.17, 15) is 13.5 Å². The van der Waals surface area contributed by atoms with E-state index >= 15 is 0 Å². The van der Waals surface area contributed by atoms with E-state index in [4.69, 9.17) is 0 Å². The van der Waals surface area contributed by atoms with Crippen LogP contribution in [0.1, 0.15) is 13.3 Å². The van der Waals surface area contributed by atoms with Crippen molar-refractivity contribution in [3.05, 3.63) is 24.3 Å². The van der Waals surface area contributed by atoms with E-state index < -0.39 is 15.6 Å². The van der Waals surface area contributed by atoms with Crippen molar-refractivity contribution in [3.8, 4) is 0 Å². The molecule has 1 N–H and O–H groups in total. The predicted molar refractivity (Wildman–Crippen MR) is 74.8 cm³/mol. The fraction of sp³-hybridized carbons (Fsp3) is 0.538. The van der Waals surface area contributed by atoms with Crippen LogP contribution in [0.3, 0.4) is 0 Å². The third-order valence-electron chi connectivity index (χ3n) is 3.59. The summed E-state index contributed by atoms with van der Waals surface area (Å²) in [4.78, 5) is 2.19. The molecule has 1 aliphatic rings. The van der Waals surface area contributed by atoms with Gasteiger partial charge in [-0.2, -0.15) is 0 Å². The summed E-state index contributed by atoms with van der Waals surface area (Å²) in [5, 5.41) is 10.1. The number of β-amino-alcohol motifs (C(OH)–C–C–N with tert-alkyl or cyclic N) is 1. The quantitative estimate of drug-likeness (QED) is 0.892. The fourth-order valence-electron chi connectivity index (χ4n) is 2.19. The van der Waals surface area contributed by atoms with E-state index in [2.05, 4.69) is 0 Å². The minimum atomic E-state index is -3.46. The third-order valence-corrected chi connectivity index (χ3v) is 5.46. The highest BCUT2D eigenvalue weighted by atomic mass is 32.2. The molecular weight excluding hydrogens is 264 g/mol. The number of hydrogen-bond acceptors (Lipinski definition) is 4. The van der Waals surface area contributed by atoms with Gasteiger partial charge in [0.15, 0.2) is 0 Å². The number of nitrogens with zero attached hydrogens (tertiary/aromatic N) is 2. The van der Waals surface area contributed by atoms with E-state index in [-0.39, 0.29) is 4.90 Å². The Morgan fingerprint density at radius 1 is 1.32 bits per heavy atom. The number of anilines is 1. The lowest BCUT2D eigenvalue weighted by Crippen LogP contribution is -2.61. The van der Waals surface area contributed by atoms with Crippen molar-refractivity contribution in [2.24, 2.45) is 0 Å². The van der Waals surface area contributed by atoms with Gasteiger partial charge in [-0.25, -0.2) is 12.7 Å². The Morgan fingerprint density at radius 3 is 2.42 bits per heavy atom. The van der Waals surface area contributed by atoms with Gasteiger partial charge in [-0.1, -0.05) is 19.1 Å². The largest absolute Gasteiger partial charge is 0.386 e. The highest BCUT2D eigenvalue weighted by Gasteiger charge is 2.41. The zero-order valence-electron chi connectivity index (χ0n) is 11.5. The maximum absolute atomic E-state index is 12.3. The molecule has 106 valence electrons. The number of sulfonamides is 1. The Balaban J connectivity index is 2.35. The molecule has 1 aliphatic heterocycles. The minimum Gasteiger partial charge on any atom is -0.386 e. The molecule has 1 fully saturated rings. The van der Waals surface area contributed by atoms with Crippen LogP contribution in [0.25, 0.3) is 0 Å². The molecule has 5 nitrogen and oxygen atoms in total. The van der Waals surface area contributed by atoms with Crippen molar-refractivity contribution in [2.45, 2.75) is 23.8 Å². The first-order valence-corrected chi connectivity index (χ1v) is 7.73. The van der Waals surface area contributed by atoms with Crippen LogP contribution < -0.4 is 4.90 Å². The number of benzene rings is 1. The molecule has 0 atom stereocenters. The lowest BCUT2D eigenvalue weighted by atomic mass is 9.91. The summed E-state index contributed by atoms with van der Waals surface area (Å²) in [5.74, 6) is 0. The Kier molecular flexibility index (Phi) is 3.59. The van der Waals surface area contributed by atoms with Gasteiger partial charge in [0.25, 0.3) is 0 Å². The first kappa shape index (κ1) is 14.3. The summed E-state index contributed by atoms with van der Waals surface area (Å²) in [7, 11) is -0.426. The Bertz CT molecular complexity index is 563. The van der Waals surface area contributed by atoms with Crippen LogP contribution in [0.5, 0.6) is 0 Å². The topological polar surface area (TPSA) is 60.9 Å². The zero-order chi connectivity index (χ0) is 14.3. The summed E-state index contributed by atoms with van der Waals surface area (Å²) in [6, 6.07) is 6.92. The molecular formula is C13H20N2O3S. The van der Waals surface area contributed by atoms with Gasteiger partial charge >= 0.3 is 0 Å². The molecule has 1 saturated heterocycles. The van der Waals surface area contributed by atoms with E-state index in [0.717, 1.165) is 0 Å².